The molecule has 0 aromatic heterocycles. The standard InChI is InChI=1S/C35H35FN6O4S/c36-28-15-11-26(12-16-28)24-47-22-19-38-41-34(44)35(23-25-7-2-1-3-8-25)32(30-9-4-5-10-31(30)40-42-37)46-33(39-35)27-13-17-29(18-14-27)45-21-6-20-43/h1-5,7-18,32,38,43H,6,19-24H2,(H,41,44)/t32-,35-/m0/s1. The Labute approximate surface area is 276 Å². The van der Waals surface area contributed by atoms with Crippen molar-refractivity contribution in [3.8, 4) is 5.75 Å². The predicted molar refractivity (Wildman–Crippen MR) is 181 cm³/mol. The van der Waals surface area contributed by atoms with Crippen LogP contribution in [0, 0.1) is 5.82 Å². The van der Waals surface area contributed by atoms with Crippen LogP contribution in [0.5, 0.6) is 5.75 Å². The van der Waals surface area contributed by atoms with E-state index in [1.807, 2.05) is 30.3 Å². The van der Waals surface area contributed by atoms with Crippen LogP contribution < -0.4 is 15.6 Å². The first kappa shape index (κ1) is 33.5. The van der Waals surface area contributed by atoms with E-state index >= 15 is 0 Å². The number of halogens is 1. The molecule has 47 heavy (non-hydrogen) atoms. The zero-order valence-corrected chi connectivity index (χ0v) is 26.4. The van der Waals surface area contributed by atoms with Crippen molar-refractivity contribution in [1.82, 2.24) is 10.9 Å². The predicted octanol–water partition coefficient (Wildman–Crippen LogP) is 6.58. The highest BCUT2D eigenvalue weighted by molar-refractivity contribution is 7.98. The largest absolute Gasteiger partial charge is 0.494 e. The first-order chi connectivity index (χ1) is 23.0. The van der Waals surface area contributed by atoms with E-state index in [0.29, 0.717) is 53.6 Å². The third kappa shape index (κ3) is 8.69. The second-order valence-electron chi connectivity index (χ2n) is 10.8. The van der Waals surface area contributed by atoms with Gasteiger partial charge in [0.1, 0.15) is 11.6 Å². The number of aliphatic hydroxyl groups excluding tert-OH is 1. The van der Waals surface area contributed by atoms with Gasteiger partial charge >= 0.3 is 0 Å². The van der Waals surface area contributed by atoms with Gasteiger partial charge in [0.05, 0.1) is 6.61 Å². The molecule has 1 amide bonds. The van der Waals surface area contributed by atoms with E-state index in [1.54, 1.807) is 72.4 Å². The van der Waals surface area contributed by atoms with Crippen LogP contribution in [-0.4, -0.2) is 48.0 Å². The van der Waals surface area contributed by atoms with Crippen LogP contribution in [0.2, 0.25) is 0 Å². The number of carbonyl (C=O) groups excluding carboxylic acids is 1. The van der Waals surface area contributed by atoms with Gasteiger partial charge in [-0.3, -0.25) is 10.2 Å². The van der Waals surface area contributed by atoms with Crippen LogP contribution in [0.1, 0.15) is 34.8 Å². The van der Waals surface area contributed by atoms with Crippen molar-refractivity contribution < 1.29 is 23.8 Å². The number of aliphatic imine (C=N–C) groups is 1. The average Bonchev–Trinajstić information content (AvgIpc) is 3.48. The van der Waals surface area contributed by atoms with Gasteiger partial charge in [0.25, 0.3) is 5.91 Å². The van der Waals surface area contributed by atoms with Crippen molar-refractivity contribution in [3.63, 3.8) is 0 Å². The summed E-state index contributed by atoms with van der Waals surface area (Å²) in [5, 5.41) is 13.0. The zero-order chi connectivity index (χ0) is 32.9. The Morgan fingerprint density at radius 1 is 1.02 bits per heavy atom. The number of amides is 1. The number of ether oxygens (including phenoxy) is 2. The van der Waals surface area contributed by atoms with Crippen LogP contribution in [0.25, 0.3) is 10.4 Å². The number of hydrogen-bond acceptors (Lipinski definition) is 8. The van der Waals surface area contributed by atoms with Crippen molar-refractivity contribution >= 4 is 29.3 Å². The van der Waals surface area contributed by atoms with Crippen LogP contribution in [-0.2, 0) is 21.7 Å². The fourth-order valence-electron chi connectivity index (χ4n) is 5.16. The van der Waals surface area contributed by atoms with Crippen LogP contribution >= 0.6 is 11.8 Å². The Hall–Kier alpha value is -4.87. The fraction of sp³-hybridized carbons (Fsp3) is 0.257. The number of benzene rings is 4. The Bertz CT molecular complexity index is 1700. The minimum atomic E-state index is -1.48. The van der Waals surface area contributed by atoms with Gasteiger partial charge in [-0.2, -0.15) is 11.8 Å². The number of carbonyl (C=O) groups is 1. The molecule has 0 fully saturated rings. The summed E-state index contributed by atoms with van der Waals surface area (Å²) in [6.07, 6.45) is -0.224. The highest BCUT2D eigenvalue weighted by atomic mass is 32.2. The van der Waals surface area contributed by atoms with Gasteiger partial charge in [-0.05, 0) is 53.1 Å². The van der Waals surface area contributed by atoms with Gasteiger partial charge in [-0.15, -0.1) is 0 Å². The van der Waals surface area contributed by atoms with Gasteiger partial charge < -0.3 is 14.6 Å². The van der Waals surface area contributed by atoms with Crippen LogP contribution in [0.4, 0.5) is 10.1 Å². The third-order valence-corrected chi connectivity index (χ3v) is 8.50. The van der Waals surface area contributed by atoms with E-state index in [2.05, 4.69) is 20.9 Å². The lowest BCUT2D eigenvalue weighted by Gasteiger charge is -2.31. The second-order valence-corrected chi connectivity index (χ2v) is 11.9. The maximum Gasteiger partial charge on any atom is 0.266 e. The van der Waals surface area contributed by atoms with Crippen LogP contribution in [0.15, 0.2) is 113 Å². The molecular weight excluding hydrogens is 619 g/mol. The molecule has 0 spiro atoms. The number of aliphatic hydroxyl groups is 1. The van der Waals surface area contributed by atoms with E-state index in [4.69, 9.17) is 19.6 Å². The molecular formula is C35H35FN6O4S. The number of azide groups is 1. The number of rotatable bonds is 16. The summed E-state index contributed by atoms with van der Waals surface area (Å²) >= 11 is 1.65. The lowest BCUT2D eigenvalue weighted by molar-refractivity contribution is -0.130. The number of thioether (sulfide) groups is 1. The van der Waals surface area contributed by atoms with Gasteiger partial charge in [0.15, 0.2) is 11.6 Å². The molecule has 4 aromatic carbocycles. The summed E-state index contributed by atoms with van der Waals surface area (Å²) in [6.45, 7) is 0.883. The van der Waals surface area contributed by atoms with E-state index < -0.39 is 17.6 Å². The summed E-state index contributed by atoms with van der Waals surface area (Å²) < 4.78 is 25.5. The Morgan fingerprint density at radius 2 is 1.77 bits per heavy atom. The summed E-state index contributed by atoms with van der Waals surface area (Å²) in [7, 11) is 0. The van der Waals surface area contributed by atoms with Crippen molar-refractivity contribution in [2.45, 2.75) is 30.2 Å². The lowest BCUT2D eigenvalue weighted by atomic mass is 9.81. The quantitative estimate of drug-likeness (QED) is 0.0410. The molecule has 3 N–H and O–H groups in total. The van der Waals surface area contributed by atoms with E-state index in [0.717, 1.165) is 11.1 Å². The smallest absolute Gasteiger partial charge is 0.266 e. The molecule has 2 atom stereocenters. The number of hydrogen-bond donors (Lipinski definition) is 3. The monoisotopic (exact) mass is 654 g/mol. The molecule has 0 saturated heterocycles. The maximum atomic E-state index is 14.3. The molecule has 0 unspecified atom stereocenters. The Morgan fingerprint density at radius 3 is 2.51 bits per heavy atom. The van der Waals surface area contributed by atoms with Gasteiger partial charge in [0.2, 0.25) is 5.90 Å². The molecule has 5 rings (SSSR count). The molecule has 0 bridgehead atoms. The molecule has 12 heteroatoms. The minimum Gasteiger partial charge on any atom is -0.494 e. The highest BCUT2D eigenvalue weighted by Gasteiger charge is 2.54. The van der Waals surface area contributed by atoms with Crippen molar-refractivity contribution in [2.75, 3.05) is 25.5 Å². The van der Waals surface area contributed by atoms with E-state index in [-0.39, 0.29) is 24.7 Å². The van der Waals surface area contributed by atoms with Gasteiger partial charge in [-0.1, -0.05) is 71.8 Å². The number of nitrogens with one attached hydrogen (secondary N) is 2. The molecule has 0 saturated carbocycles. The Kier molecular flexibility index (Phi) is 11.8. The molecule has 1 aliphatic rings. The van der Waals surface area contributed by atoms with Crippen molar-refractivity contribution in [1.29, 1.82) is 0 Å². The molecule has 10 nitrogen and oxygen atoms in total. The van der Waals surface area contributed by atoms with Gasteiger partial charge in [-0.25, -0.2) is 14.8 Å². The molecule has 4 aromatic rings. The Balaban J connectivity index is 1.42. The number of nitrogens with zero attached hydrogens (tertiary/aromatic N) is 4. The summed E-state index contributed by atoms with van der Waals surface area (Å²) in [5.41, 5.74) is 17.1. The van der Waals surface area contributed by atoms with E-state index in [9.17, 15) is 14.7 Å². The lowest BCUT2D eigenvalue weighted by Crippen LogP contribution is -2.54. The van der Waals surface area contributed by atoms with Crippen molar-refractivity contribution in [3.05, 3.63) is 142 Å². The summed E-state index contributed by atoms with van der Waals surface area (Å²) in [4.78, 5) is 22.4. The second kappa shape index (κ2) is 16.6. The minimum absolute atomic E-state index is 0.0384. The molecule has 242 valence electrons. The first-order valence-corrected chi connectivity index (χ1v) is 16.3. The maximum absolute atomic E-state index is 14.3. The van der Waals surface area contributed by atoms with Crippen molar-refractivity contribution in [2.24, 2.45) is 10.1 Å². The first-order valence-electron chi connectivity index (χ1n) is 15.2. The number of hydrazine groups is 1. The van der Waals surface area contributed by atoms with Crippen LogP contribution in [0.3, 0.4) is 0 Å². The highest BCUT2D eigenvalue weighted by Crippen LogP contribution is 2.45. The fourth-order valence-corrected chi connectivity index (χ4v) is 5.98. The zero-order valence-electron chi connectivity index (χ0n) is 25.6. The SMILES string of the molecule is [N-]=[N+]=Nc1ccccc1[C@@H]1OC(c2ccc(OCCCO)cc2)=N[C@]1(Cc1ccccc1)C(=O)NNCCSCc1ccc(F)cc1. The third-order valence-electron chi connectivity index (χ3n) is 7.47. The van der Waals surface area contributed by atoms with E-state index in [1.165, 1.54) is 12.1 Å². The topological polar surface area (TPSA) is 141 Å². The average molecular weight is 655 g/mol. The molecule has 0 radical (unpaired) electrons. The normalized spacial score (nSPS) is 16.9. The summed E-state index contributed by atoms with van der Waals surface area (Å²) in [5.74, 6) is 1.59. The molecule has 1 aliphatic heterocycles. The molecule has 0 aliphatic carbocycles. The molecule has 1 heterocycles. The van der Waals surface area contributed by atoms with Gasteiger partial charge in [0, 0.05) is 59.2 Å². The summed E-state index contributed by atoms with van der Waals surface area (Å²) in [6, 6.07) is 30.1.